The molecule has 1 aromatic carbocycles. The molecule has 0 radical (unpaired) electrons. The third-order valence-corrected chi connectivity index (χ3v) is 3.66. The zero-order valence-corrected chi connectivity index (χ0v) is 11.4. The first-order valence-electron chi connectivity index (χ1n) is 5.46. The van der Waals surface area contributed by atoms with Gasteiger partial charge in [-0.3, -0.25) is 0 Å². The molecule has 0 aliphatic rings. The van der Waals surface area contributed by atoms with Gasteiger partial charge in [0.05, 0.1) is 4.34 Å². The fourth-order valence-corrected chi connectivity index (χ4v) is 2.58. The summed E-state index contributed by atoms with van der Waals surface area (Å²) in [7, 11) is 0. The Balaban J connectivity index is 1.86. The van der Waals surface area contributed by atoms with Gasteiger partial charge in [0.1, 0.15) is 16.1 Å². The van der Waals surface area contributed by atoms with E-state index in [1.165, 1.54) is 11.3 Å². The maximum atomic E-state index is 11.9. The van der Waals surface area contributed by atoms with Crippen LogP contribution in [0.5, 0.6) is 5.75 Å². The summed E-state index contributed by atoms with van der Waals surface area (Å²) in [5.74, 6) is 0.550. The molecule has 0 spiro atoms. The Hall–Kier alpha value is -1.85. The molecule has 0 N–H and O–H groups in total. The third-order valence-electron chi connectivity index (χ3n) is 2.45. The summed E-state index contributed by atoms with van der Waals surface area (Å²) in [6.07, 6.45) is 0. The van der Waals surface area contributed by atoms with Crippen LogP contribution in [0.1, 0.15) is 15.6 Å². The highest BCUT2D eigenvalue weighted by Gasteiger charge is 2.12. The normalized spacial score (nSPS) is 10.8. The van der Waals surface area contributed by atoms with Crippen molar-refractivity contribution in [2.75, 3.05) is 0 Å². The number of carbonyl (C=O) groups is 1. The third kappa shape index (κ3) is 2.47. The summed E-state index contributed by atoms with van der Waals surface area (Å²) < 4.78 is 11.2. The fraction of sp³-hybridized carbons (Fsp3) is 0.0769. The Kier molecular flexibility index (Phi) is 3.00. The molecule has 0 fully saturated rings. The minimum absolute atomic E-state index is 0.415. The summed E-state index contributed by atoms with van der Waals surface area (Å²) in [4.78, 5) is 16.5. The standard InChI is InChI=1S/C13H8ClNO3S/c1-7-15-9-3-2-8(6-10(9)17-7)18-13(16)11-4-5-12(14)19-11/h2-6H,1H3. The number of hydrogen-bond donors (Lipinski definition) is 0. The van der Waals surface area contributed by atoms with Crippen LogP contribution in [-0.2, 0) is 0 Å². The van der Waals surface area contributed by atoms with E-state index in [1.54, 1.807) is 37.3 Å². The number of hydrogen-bond acceptors (Lipinski definition) is 5. The first-order chi connectivity index (χ1) is 9.11. The molecule has 3 aromatic rings. The molecular weight excluding hydrogens is 286 g/mol. The van der Waals surface area contributed by atoms with Crippen LogP contribution in [0.15, 0.2) is 34.7 Å². The lowest BCUT2D eigenvalue weighted by atomic mass is 10.3. The highest BCUT2D eigenvalue weighted by molar-refractivity contribution is 7.17. The predicted octanol–water partition coefficient (Wildman–Crippen LogP) is 4.07. The van der Waals surface area contributed by atoms with E-state index in [-0.39, 0.29) is 0 Å². The number of rotatable bonds is 2. The highest BCUT2D eigenvalue weighted by atomic mass is 35.5. The Morgan fingerprint density at radius 1 is 1.37 bits per heavy atom. The number of benzene rings is 1. The fourth-order valence-electron chi connectivity index (χ4n) is 1.66. The van der Waals surface area contributed by atoms with Crippen molar-refractivity contribution < 1.29 is 13.9 Å². The van der Waals surface area contributed by atoms with E-state index in [1.807, 2.05) is 0 Å². The van der Waals surface area contributed by atoms with Crippen molar-refractivity contribution >= 4 is 40.0 Å². The van der Waals surface area contributed by atoms with Gasteiger partial charge in [-0.1, -0.05) is 11.6 Å². The van der Waals surface area contributed by atoms with E-state index in [2.05, 4.69) is 4.98 Å². The van der Waals surface area contributed by atoms with E-state index in [0.29, 0.717) is 26.4 Å². The van der Waals surface area contributed by atoms with Crippen molar-refractivity contribution in [3.63, 3.8) is 0 Å². The minimum Gasteiger partial charge on any atom is -0.441 e. The van der Waals surface area contributed by atoms with Crippen LogP contribution in [0.4, 0.5) is 0 Å². The molecule has 0 saturated heterocycles. The van der Waals surface area contributed by atoms with Gasteiger partial charge in [0.15, 0.2) is 11.5 Å². The van der Waals surface area contributed by atoms with Gasteiger partial charge in [-0.25, -0.2) is 9.78 Å². The molecule has 2 aromatic heterocycles. The van der Waals surface area contributed by atoms with Crippen molar-refractivity contribution in [2.24, 2.45) is 0 Å². The number of aromatic nitrogens is 1. The second kappa shape index (κ2) is 4.68. The largest absolute Gasteiger partial charge is 0.441 e. The number of esters is 1. The zero-order chi connectivity index (χ0) is 13.4. The summed E-state index contributed by atoms with van der Waals surface area (Å²) in [6, 6.07) is 8.36. The lowest BCUT2D eigenvalue weighted by Gasteiger charge is -2.01. The van der Waals surface area contributed by atoms with Crippen LogP contribution in [0.3, 0.4) is 0 Å². The van der Waals surface area contributed by atoms with Crippen molar-refractivity contribution in [3.8, 4) is 5.75 Å². The molecular formula is C13H8ClNO3S. The quantitative estimate of drug-likeness (QED) is 0.528. The molecule has 96 valence electrons. The number of carbonyl (C=O) groups excluding carboxylic acids is 1. The molecule has 19 heavy (non-hydrogen) atoms. The number of aryl methyl sites for hydroxylation is 1. The summed E-state index contributed by atoms with van der Waals surface area (Å²) >= 11 is 6.95. The SMILES string of the molecule is Cc1nc2ccc(OC(=O)c3ccc(Cl)s3)cc2o1. The lowest BCUT2D eigenvalue weighted by molar-refractivity contribution is 0.0740. The van der Waals surface area contributed by atoms with E-state index in [0.717, 1.165) is 5.52 Å². The summed E-state index contributed by atoms with van der Waals surface area (Å²) in [6.45, 7) is 1.76. The van der Waals surface area contributed by atoms with Crippen molar-refractivity contribution in [1.82, 2.24) is 4.98 Å². The highest BCUT2D eigenvalue weighted by Crippen LogP contribution is 2.25. The molecule has 0 aliphatic heterocycles. The number of oxazole rings is 1. The van der Waals surface area contributed by atoms with Crippen LogP contribution in [0, 0.1) is 6.92 Å². The Morgan fingerprint density at radius 2 is 2.21 bits per heavy atom. The van der Waals surface area contributed by atoms with E-state index >= 15 is 0 Å². The molecule has 0 aliphatic carbocycles. The predicted molar refractivity (Wildman–Crippen MR) is 73.0 cm³/mol. The average molecular weight is 294 g/mol. The first-order valence-corrected chi connectivity index (χ1v) is 6.66. The molecule has 0 atom stereocenters. The summed E-state index contributed by atoms with van der Waals surface area (Å²) in [5.41, 5.74) is 1.32. The van der Waals surface area contributed by atoms with Gasteiger partial charge in [-0.15, -0.1) is 11.3 Å². The van der Waals surface area contributed by atoms with E-state index in [9.17, 15) is 4.79 Å². The maximum Gasteiger partial charge on any atom is 0.353 e. The first kappa shape index (κ1) is 12.2. The molecule has 0 saturated carbocycles. The van der Waals surface area contributed by atoms with Gasteiger partial charge in [0, 0.05) is 13.0 Å². The minimum atomic E-state index is -0.438. The molecule has 0 unspecified atom stereocenters. The Morgan fingerprint density at radius 3 is 2.95 bits per heavy atom. The van der Waals surface area contributed by atoms with Crippen molar-refractivity contribution in [2.45, 2.75) is 6.92 Å². The van der Waals surface area contributed by atoms with Crippen LogP contribution in [0.2, 0.25) is 4.34 Å². The van der Waals surface area contributed by atoms with Gasteiger partial charge in [0.25, 0.3) is 0 Å². The molecule has 3 rings (SSSR count). The average Bonchev–Trinajstić information content (AvgIpc) is 2.93. The number of nitrogens with zero attached hydrogens (tertiary/aromatic N) is 1. The van der Waals surface area contributed by atoms with E-state index in [4.69, 9.17) is 20.8 Å². The number of ether oxygens (including phenoxy) is 1. The summed E-state index contributed by atoms with van der Waals surface area (Å²) in [5, 5.41) is 0. The van der Waals surface area contributed by atoms with Gasteiger partial charge < -0.3 is 9.15 Å². The number of thiophene rings is 1. The van der Waals surface area contributed by atoms with Crippen LogP contribution in [0.25, 0.3) is 11.1 Å². The zero-order valence-electron chi connectivity index (χ0n) is 9.84. The molecule has 0 bridgehead atoms. The lowest BCUT2D eigenvalue weighted by Crippen LogP contribution is -2.05. The number of fused-ring (bicyclic) bond motifs is 1. The molecule has 6 heteroatoms. The van der Waals surface area contributed by atoms with Gasteiger partial charge in [-0.2, -0.15) is 0 Å². The van der Waals surface area contributed by atoms with Gasteiger partial charge in [-0.05, 0) is 24.3 Å². The van der Waals surface area contributed by atoms with E-state index < -0.39 is 5.97 Å². The Bertz CT molecular complexity index is 762. The molecule has 2 heterocycles. The van der Waals surface area contributed by atoms with Crippen molar-refractivity contribution in [1.29, 1.82) is 0 Å². The topological polar surface area (TPSA) is 52.3 Å². The second-order valence-electron chi connectivity index (χ2n) is 3.86. The monoisotopic (exact) mass is 293 g/mol. The van der Waals surface area contributed by atoms with Crippen LogP contribution in [-0.4, -0.2) is 11.0 Å². The smallest absolute Gasteiger partial charge is 0.353 e. The molecule has 0 amide bonds. The maximum absolute atomic E-state index is 11.9. The number of halogens is 1. The van der Waals surface area contributed by atoms with Crippen LogP contribution < -0.4 is 4.74 Å². The Labute approximate surface area is 117 Å². The second-order valence-corrected chi connectivity index (χ2v) is 5.57. The van der Waals surface area contributed by atoms with Gasteiger partial charge >= 0.3 is 5.97 Å². The van der Waals surface area contributed by atoms with Crippen LogP contribution >= 0.6 is 22.9 Å². The van der Waals surface area contributed by atoms with Crippen molar-refractivity contribution in [3.05, 3.63) is 45.4 Å². The molecule has 4 nitrogen and oxygen atoms in total. The van der Waals surface area contributed by atoms with Gasteiger partial charge in [0.2, 0.25) is 0 Å².